The number of guanidine groups is 1. The largest absolute Gasteiger partial charge is 0.493 e. The molecule has 0 amide bonds. The minimum absolute atomic E-state index is 0. The summed E-state index contributed by atoms with van der Waals surface area (Å²) >= 11 is 0. The van der Waals surface area contributed by atoms with E-state index < -0.39 is 0 Å². The molecule has 2 N–H and O–H groups in total. The molecule has 1 aromatic carbocycles. The zero-order chi connectivity index (χ0) is 19.8. The number of halogens is 1. The van der Waals surface area contributed by atoms with Crippen LogP contribution in [-0.4, -0.2) is 56.8 Å². The fraction of sp³-hybridized carbons (Fsp3) is 0.667. The van der Waals surface area contributed by atoms with Crippen molar-refractivity contribution in [2.45, 2.75) is 52.7 Å². The van der Waals surface area contributed by atoms with Crippen molar-refractivity contribution in [3.05, 3.63) is 23.8 Å². The molecule has 0 bridgehead atoms. The molecule has 1 aliphatic rings. The van der Waals surface area contributed by atoms with Gasteiger partial charge in [-0.1, -0.05) is 19.9 Å². The van der Waals surface area contributed by atoms with Crippen LogP contribution in [0.25, 0.3) is 0 Å². The number of nitrogens with one attached hydrogen (secondary N) is 2. The highest BCUT2D eigenvalue weighted by Gasteiger charge is 2.31. The molecule has 2 atom stereocenters. The average Bonchev–Trinajstić information content (AvgIpc) is 3.04. The third-order valence-corrected chi connectivity index (χ3v) is 5.07. The number of benzene rings is 1. The summed E-state index contributed by atoms with van der Waals surface area (Å²) in [7, 11) is 3.49. The Morgan fingerprint density at radius 1 is 1.29 bits per heavy atom. The Morgan fingerprint density at radius 3 is 2.61 bits per heavy atom. The molecule has 160 valence electrons. The summed E-state index contributed by atoms with van der Waals surface area (Å²) in [6.07, 6.45) is 0.974. The van der Waals surface area contributed by atoms with Crippen LogP contribution in [0, 0.1) is 5.92 Å². The second-order valence-electron chi connectivity index (χ2n) is 7.54. The summed E-state index contributed by atoms with van der Waals surface area (Å²) in [5.41, 5.74) is 1.13. The number of ether oxygens (including phenoxy) is 2. The second kappa shape index (κ2) is 12.4. The van der Waals surface area contributed by atoms with Gasteiger partial charge in [0.2, 0.25) is 0 Å². The van der Waals surface area contributed by atoms with E-state index in [0.717, 1.165) is 42.5 Å². The van der Waals surface area contributed by atoms with Gasteiger partial charge in [-0.3, -0.25) is 9.89 Å². The summed E-state index contributed by atoms with van der Waals surface area (Å²) < 4.78 is 11.2. The van der Waals surface area contributed by atoms with E-state index >= 15 is 0 Å². The summed E-state index contributed by atoms with van der Waals surface area (Å²) in [5, 5.41) is 6.99. The number of hydrogen-bond donors (Lipinski definition) is 2. The molecule has 28 heavy (non-hydrogen) atoms. The van der Waals surface area contributed by atoms with Crippen LogP contribution in [0.4, 0.5) is 0 Å². The van der Waals surface area contributed by atoms with Crippen LogP contribution in [-0.2, 0) is 6.54 Å². The summed E-state index contributed by atoms with van der Waals surface area (Å²) in [5.74, 6) is 2.99. The Bertz CT molecular complexity index is 624. The van der Waals surface area contributed by atoms with E-state index in [1.54, 1.807) is 7.11 Å². The third kappa shape index (κ3) is 6.99. The molecule has 1 aliphatic heterocycles. The Morgan fingerprint density at radius 2 is 2.04 bits per heavy atom. The van der Waals surface area contributed by atoms with Gasteiger partial charge < -0.3 is 20.1 Å². The number of aliphatic imine (C=N–C) groups is 1. The summed E-state index contributed by atoms with van der Waals surface area (Å²) in [6.45, 7) is 12.4. The van der Waals surface area contributed by atoms with E-state index in [0.29, 0.717) is 31.2 Å². The lowest BCUT2D eigenvalue weighted by atomic mass is 10.1. The Labute approximate surface area is 187 Å². The van der Waals surface area contributed by atoms with Crippen molar-refractivity contribution in [3.8, 4) is 11.5 Å². The molecule has 6 nitrogen and oxygen atoms in total. The summed E-state index contributed by atoms with van der Waals surface area (Å²) in [6, 6.07) is 7.05. The predicted octanol–water partition coefficient (Wildman–Crippen LogP) is 3.50. The molecule has 2 unspecified atom stereocenters. The molecule has 1 fully saturated rings. The zero-order valence-electron chi connectivity index (χ0n) is 18.1. The molecule has 0 aromatic heterocycles. The smallest absolute Gasteiger partial charge is 0.191 e. The van der Waals surface area contributed by atoms with Crippen molar-refractivity contribution in [1.29, 1.82) is 0 Å². The van der Waals surface area contributed by atoms with E-state index in [9.17, 15) is 0 Å². The lowest BCUT2D eigenvalue weighted by Crippen LogP contribution is -2.46. The number of methoxy groups -OCH3 is 1. The van der Waals surface area contributed by atoms with Gasteiger partial charge in [-0.25, -0.2) is 0 Å². The molecular formula is C21H37IN4O2. The molecule has 7 heteroatoms. The van der Waals surface area contributed by atoms with Crippen LogP contribution in [0.5, 0.6) is 11.5 Å². The molecule has 2 rings (SSSR count). The molecular weight excluding hydrogens is 467 g/mol. The molecule has 0 radical (unpaired) electrons. The quantitative estimate of drug-likeness (QED) is 0.323. The molecule has 0 saturated carbocycles. The number of nitrogens with zero attached hydrogens (tertiary/aromatic N) is 2. The van der Waals surface area contributed by atoms with Gasteiger partial charge >= 0.3 is 0 Å². The maximum Gasteiger partial charge on any atom is 0.191 e. The van der Waals surface area contributed by atoms with Crippen molar-refractivity contribution in [3.63, 3.8) is 0 Å². The van der Waals surface area contributed by atoms with Crippen LogP contribution < -0.4 is 20.1 Å². The van der Waals surface area contributed by atoms with Crippen molar-refractivity contribution >= 4 is 29.9 Å². The van der Waals surface area contributed by atoms with Gasteiger partial charge in [0.1, 0.15) is 0 Å². The Balaban J connectivity index is 0.00000392. The average molecular weight is 504 g/mol. The molecule has 1 heterocycles. The Hall–Kier alpha value is -1.22. The fourth-order valence-electron chi connectivity index (χ4n) is 3.32. The molecule has 0 aliphatic carbocycles. The van der Waals surface area contributed by atoms with Crippen LogP contribution >= 0.6 is 24.0 Å². The SMILES string of the molecule is CCCOc1ccc(CNC(=NC)NC2CN(C(C)C)CC2C)cc1OC.I. The first-order chi connectivity index (χ1) is 13.0. The lowest BCUT2D eigenvalue weighted by Gasteiger charge is -2.22. The van der Waals surface area contributed by atoms with E-state index in [-0.39, 0.29) is 24.0 Å². The van der Waals surface area contributed by atoms with Crippen molar-refractivity contribution in [2.75, 3.05) is 33.9 Å². The van der Waals surface area contributed by atoms with Gasteiger partial charge in [-0.15, -0.1) is 24.0 Å². The van der Waals surface area contributed by atoms with Gasteiger partial charge in [0.15, 0.2) is 17.5 Å². The van der Waals surface area contributed by atoms with Crippen LogP contribution in [0.1, 0.15) is 39.7 Å². The number of likely N-dealkylation sites (tertiary alicyclic amines) is 1. The maximum absolute atomic E-state index is 5.72. The topological polar surface area (TPSA) is 58.1 Å². The predicted molar refractivity (Wildman–Crippen MR) is 127 cm³/mol. The fourth-order valence-corrected chi connectivity index (χ4v) is 3.32. The van der Waals surface area contributed by atoms with E-state index in [2.05, 4.69) is 54.3 Å². The van der Waals surface area contributed by atoms with Crippen LogP contribution in [0.3, 0.4) is 0 Å². The number of rotatable bonds is 8. The zero-order valence-corrected chi connectivity index (χ0v) is 20.4. The van der Waals surface area contributed by atoms with Crippen LogP contribution in [0.2, 0.25) is 0 Å². The monoisotopic (exact) mass is 504 g/mol. The lowest BCUT2D eigenvalue weighted by molar-refractivity contribution is 0.265. The first-order valence-electron chi connectivity index (χ1n) is 9.99. The highest BCUT2D eigenvalue weighted by atomic mass is 127. The van der Waals surface area contributed by atoms with E-state index in [1.165, 1.54) is 0 Å². The van der Waals surface area contributed by atoms with E-state index in [4.69, 9.17) is 9.47 Å². The molecule has 1 saturated heterocycles. The maximum atomic E-state index is 5.72. The first kappa shape index (κ1) is 24.8. The van der Waals surface area contributed by atoms with Gasteiger partial charge in [-0.2, -0.15) is 0 Å². The molecule has 0 spiro atoms. The third-order valence-electron chi connectivity index (χ3n) is 5.07. The first-order valence-corrected chi connectivity index (χ1v) is 9.99. The van der Waals surface area contributed by atoms with Crippen LogP contribution in [0.15, 0.2) is 23.2 Å². The summed E-state index contributed by atoms with van der Waals surface area (Å²) in [4.78, 5) is 6.90. The Kier molecular flexibility index (Phi) is 11.0. The van der Waals surface area contributed by atoms with Gasteiger partial charge in [0.25, 0.3) is 0 Å². The van der Waals surface area contributed by atoms with Crippen molar-refractivity contribution in [1.82, 2.24) is 15.5 Å². The van der Waals surface area contributed by atoms with Gasteiger partial charge in [0.05, 0.1) is 13.7 Å². The van der Waals surface area contributed by atoms with Gasteiger partial charge in [0, 0.05) is 38.8 Å². The van der Waals surface area contributed by atoms with Crippen molar-refractivity contribution in [2.24, 2.45) is 10.9 Å². The normalized spacial score (nSPS) is 20.0. The van der Waals surface area contributed by atoms with E-state index in [1.807, 2.05) is 19.2 Å². The second-order valence-corrected chi connectivity index (χ2v) is 7.54. The van der Waals surface area contributed by atoms with Gasteiger partial charge in [-0.05, 0) is 43.9 Å². The highest BCUT2D eigenvalue weighted by molar-refractivity contribution is 14.0. The number of hydrogen-bond acceptors (Lipinski definition) is 4. The highest BCUT2D eigenvalue weighted by Crippen LogP contribution is 2.28. The minimum atomic E-state index is 0. The minimum Gasteiger partial charge on any atom is -0.493 e. The molecule has 1 aromatic rings. The van der Waals surface area contributed by atoms with Crippen molar-refractivity contribution < 1.29 is 9.47 Å². The standard InChI is InChI=1S/C21H36N4O2.HI/c1-7-10-27-19-9-8-17(11-20(19)26-6)12-23-21(22-5)24-18-14-25(15(2)3)13-16(18)4;/h8-9,11,15-16,18H,7,10,12-14H2,1-6H3,(H2,22,23,24);1H.